The Labute approximate surface area is 136 Å². The molecule has 1 fully saturated rings. The molecule has 0 spiro atoms. The van der Waals surface area contributed by atoms with E-state index >= 15 is 0 Å². The number of hydrogen-bond donors (Lipinski definition) is 0. The van der Waals surface area contributed by atoms with Crippen LogP contribution in [0.1, 0.15) is 36.4 Å². The summed E-state index contributed by atoms with van der Waals surface area (Å²) in [5, 5.41) is 3.28. The fourth-order valence-corrected chi connectivity index (χ4v) is 3.91. The number of nitrogens with zero attached hydrogens (tertiary/aromatic N) is 3. The normalized spacial score (nSPS) is 23.0. The first-order valence-electron chi connectivity index (χ1n) is 8.28. The molecule has 1 aromatic rings. The van der Waals surface area contributed by atoms with Crippen molar-refractivity contribution in [2.24, 2.45) is 5.92 Å². The van der Waals surface area contributed by atoms with Gasteiger partial charge < -0.3 is 4.90 Å². The molecule has 0 unspecified atom stereocenters. The fourth-order valence-electron chi connectivity index (χ4n) is 3.31. The van der Waals surface area contributed by atoms with Crippen molar-refractivity contribution in [1.29, 1.82) is 0 Å². The smallest absolute Gasteiger partial charge is 0.223 e. The van der Waals surface area contributed by atoms with E-state index < -0.39 is 0 Å². The first kappa shape index (κ1) is 15.7. The van der Waals surface area contributed by atoms with Crippen molar-refractivity contribution in [3.63, 3.8) is 0 Å². The second-order valence-corrected chi connectivity index (χ2v) is 7.40. The number of hydrogen-bond acceptors (Lipinski definition) is 4. The lowest BCUT2D eigenvalue weighted by Gasteiger charge is -2.22. The number of aryl methyl sites for hydroxylation is 1. The Morgan fingerprint density at radius 2 is 2.27 bits per heavy atom. The molecule has 0 saturated carbocycles. The van der Waals surface area contributed by atoms with Gasteiger partial charge in [-0.1, -0.05) is 12.2 Å². The number of amides is 1. The van der Waals surface area contributed by atoms with Crippen molar-refractivity contribution < 1.29 is 4.79 Å². The Hall–Kier alpha value is -1.20. The highest BCUT2D eigenvalue weighted by Crippen LogP contribution is 2.21. The quantitative estimate of drug-likeness (QED) is 0.801. The Kier molecular flexibility index (Phi) is 5.26. The van der Waals surface area contributed by atoms with E-state index in [0.717, 1.165) is 57.0 Å². The first-order chi connectivity index (χ1) is 10.7. The monoisotopic (exact) mass is 319 g/mol. The van der Waals surface area contributed by atoms with Crippen LogP contribution in [0.2, 0.25) is 0 Å². The standard InChI is InChI=1S/C17H25N3OS/c1-14-18-16(13-22-14)12-19-7-4-8-20(10-9-19)17(21)11-15-5-2-3-6-15/h2,5,13,15H,3-4,6-12H2,1H3/t15-/m0/s1. The zero-order valence-electron chi connectivity index (χ0n) is 13.3. The molecule has 120 valence electrons. The van der Waals surface area contributed by atoms with Crippen LogP contribution < -0.4 is 0 Å². The lowest BCUT2D eigenvalue weighted by Crippen LogP contribution is -2.35. The van der Waals surface area contributed by atoms with E-state index in [1.807, 2.05) is 0 Å². The molecule has 1 amide bonds. The Balaban J connectivity index is 1.48. The van der Waals surface area contributed by atoms with E-state index in [0.29, 0.717) is 18.2 Å². The lowest BCUT2D eigenvalue weighted by molar-refractivity contribution is -0.131. The van der Waals surface area contributed by atoms with Crippen LogP contribution in [0.25, 0.3) is 0 Å². The maximum absolute atomic E-state index is 12.4. The molecule has 1 aromatic heterocycles. The van der Waals surface area contributed by atoms with Gasteiger partial charge in [-0.05, 0) is 32.1 Å². The average Bonchev–Trinajstić information content (AvgIpc) is 3.07. The minimum absolute atomic E-state index is 0.336. The zero-order chi connectivity index (χ0) is 15.4. The fraction of sp³-hybridized carbons (Fsp3) is 0.647. The van der Waals surface area contributed by atoms with Gasteiger partial charge in [-0.2, -0.15) is 0 Å². The van der Waals surface area contributed by atoms with Gasteiger partial charge in [0, 0.05) is 44.5 Å². The van der Waals surface area contributed by atoms with Gasteiger partial charge in [0.15, 0.2) is 0 Å². The van der Waals surface area contributed by atoms with Gasteiger partial charge >= 0.3 is 0 Å². The maximum Gasteiger partial charge on any atom is 0.223 e. The molecule has 2 heterocycles. The Bertz CT molecular complexity index is 540. The molecule has 0 radical (unpaired) electrons. The summed E-state index contributed by atoms with van der Waals surface area (Å²) < 4.78 is 0. The summed E-state index contributed by atoms with van der Waals surface area (Å²) in [5.41, 5.74) is 1.17. The van der Waals surface area contributed by atoms with E-state index in [9.17, 15) is 4.79 Å². The second kappa shape index (κ2) is 7.38. The third kappa shape index (κ3) is 4.17. The predicted octanol–water partition coefficient (Wildman–Crippen LogP) is 2.84. The topological polar surface area (TPSA) is 36.4 Å². The zero-order valence-corrected chi connectivity index (χ0v) is 14.1. The summed E-state index contributed by atoms with van der Waals surface area (Å²) in [4.78, 5) is 21.5. The van der Waals surface area contributed by atoms with Crippen LogP contribution >= 0.6 is 11.3 Å². The van der Waals surface area contributed by atoms with Crippen molar-refractivity contribution in [3.8, 4) is 0 Å². The van der Waals surface area contributed by atoms with Gasteiger partial charge in [-0.3, -0.25) is 9.69 Å². The van der Waals surface area contributed by atoms with Crippen molar-refractivity contribution in [1.82, 2.24) is 14.8 Å². The molecular weight excluding hydrogens is 294 g/mol. The largest absolute Gasteiger partial charge is 0.341 e. The number of rotatable bonds is 4. The molecule has 5 heteroatoms. The summed E-state index contributed by atoms with van der Waals surface area (Å²) in [7, 11) is 0. The summed E-state index contributed by atoms with van der Waals surface area (Å²) >= 11 is 1.71. The maximum atomic E-state index is 12.4. The number of carbonyl (C=O) groups excluding carboxylic acids is 1. The van der Waals surface area contributed by atoms with Crippen LogP contribution in [-0.2, 0) is 11.3 Å². The number of thiazole rings is 1. The molecule has 1 atom stereocenters. The first-order valence-corrected chi connectivity index (χ1v) is 9.16. The van der Waals surface area contributed by atoms with Gasteiger partial charge in [-0.15, -0.1) is 11.3 Å². The summed E-state index contributed by atoms with van der Waals surface area (Å²) in [5.74, 6) is 0.813. The number of allylic oxidation sites excluding steroid dienone is 2. The van der Waals surface area contributed by atoms with E-state index in [-0.39, 0.29) is 0 Å². The van der Waals surface area contributed by atoms with Crippen molar-refractivity contribution >= 4 is 17.2 Å². The van der Waals surface area contributed by atoms with Crippen molar-refractivity contribution in [3.05, 3.63) is 28.2 Å². The van der Waals surface area contributed by atoms with Crippen LogP contribution in [0.4, 0.5) is 0 Å². The number of aromatic nitrogens is 1. The molecule has 1 aliphatic heterocycles. The van der Waals surface area contributed by atoms with Gasteiger partial charge in [0.1, 0.15) is 0 Å². The van der Waals surface area contributed by atoms with Crippen LogP contribution in [0.5, 0.6) is 0 Å². The molecule has 4 nitrogen and oxygen atoms in total. The van der Waals surface area contributed by atoms with Crippen molar-refractivity contribution in [2.75, 3.05) is 26.2 Å². The molecular formula is C17H25N3OS. The van der Waals surface area contributed by atoms with Gasteiger partial charge in [-0.25, -0.2) is 4.98 Å². The van der Waals surface area contributed by atoms with Crippen molar-refractivity contribution in [2.45, 2.75) is 39.2 Å². The SMILES string of the molecule is Cc1nc(CN2CCCN(C(=O)C[C@H]3C=CCC3)CC2)cs1. The molecule has 0 bridgehead atoms. The van der Waals surface area contributed by atoms with Gasteiger partial charge in [0.05, 0.1) is 10.7 Å². The van der Waals surface area contributed by atoms with E-state index in [1.165, 1.54) is 5.69 Å². The molecule has 3 rings (SSSR count). The highest BCUT2D eigenvalue weighted by Gasteiger charge is 2.22. The summed E-state index contributed by atoms with van der Waals surface area (Å²) in [6.45, 7) is 6.75. The van der Waals surface area contributed by atoms with Gasteiger partial charge in [0.2, 0.25) is 5.91 Å². The average molecular weight is 319 g/mol. The third-order valence-electron chi connectivity index (χ3n) is 4.54. The molecule has 1 saturated heterocycles. The highest BCUT2D eigenvalue weighted by molar-refractivity contribution is 7.09. The Morgan fingerprint density at radius 1 is 1.36 bits per heavy atom. The van der Waals surface area contributed by atoms with E-state index in [1.54, 1.807) is 11.3 Å². The predicted molar refractivity (Wildman–Crippen MR) is 89.8 cm³/mol. The van der Waals surface area contributed by atoms with Crippen LogP contribution in [0.15, 0.2) is 17.5 Å². The molecule has 0 N–H and O–H groups in total. The summed E-state index contributed by atoms with van der Waals surface area (Å²) in [6.07, 6.45) is 8.47. The lowest BCUT2D eigenvalue weighted by atomic mass is 10.0. The van der Waals surface area contributed by atoms with Crippen LogP contribution in [-0.4, -0.2) is 46.9 Å². The third-order valence-corrected chi connectivity index (χ3v) is 5.36. The molecule has 22 heavy (non-hydrogen) atoms. The minimum atomic E-state index is 0.336. The van der Waals surface area contributed by atoms with Crippen LogP contribution in [0.3, 0.4) is 0 Å². The minimum Gasteiger partial charge on any atom is -0.341 e. The van der Waals surface area contributed by atoms with Gasteiger partial charge in [0.25, 0.3) is 0 Å². The molecule has 1 aliphatic carbocycles. The van der Waals surface area contributed by atoms with E-state index in [2.05, 4.69) is 39.2 Å². The highest BCUT2D eigenvalue weighted by atomic mass is 32.1. The second-order valence-electron chi connectivity index (χ2n) is 6.34. The summed E-state index contributed by atoms with van der Waals surface area (Å²) in [6, 6.07) is 0. The Morgan fingerprint density at radius 3 is 3.00 bits per heavy atom. The van der Waals surface area contributed by atoms with E-state index in [4.69, 9.17) is 0 Å². The number of carbonyl (C=O) groups is 1. The van der Waals surface area contributed by atoms with Crippen LogP contribution in [0, 0.1) is 12.8 Å². The molecule has 0 aromatic carbocycles. The molecule has 2 aliphatic rings.